The molecule has 0 aromatic heterocycles. The average Bonchev–Trinajstić information content (AvgIpc) is 3.01. The lowest BCUT2D eigenvalue weighted by molar-refractivity contribution is -0.385. The zero-order valence-corrected chi connectivity index (χ0v) is 14.6. The van der Waals surface area contributed by atoms with Crippen molar-refractivity contribution >= 4 is 33.7 Å². The molecule has 3 rings (SSSR count). The van der Waals surface area contributed by atoms with E-state index in [2.05, 4.69) is 26.5 Å². The Morgan fingerprint density at radius 1 is 1.36 bits per heavy atom. The maximum atomic E-state index is 12.2. The van der Waals surface area contributed by atoms with Crippen LogP contribution < -0.4 is 14.9 Å². The number of amides is 1. The molecule has 8 nitrogen and oxygen atoms in total. The van der Waals surface area contributed by atoms with E-state index in [0.29, 0.717) is 17.1 Å². The normalized spacial score (nSPS) is 12.4. The summed E-state index contributed by atoms with van der Waals surface area (Å²) in [5.41, 5.74) is 3.40. The van der Waals surface area contributed by atoms with Gasteiger partial charge in [-0.2, -0.15) is 5.10 Å². The molecule has 0 unspecified atom stereocenters. The van der Waals surface area contributed by atoms with E-state index in [4.69, 9.17) is 9.47 Å². The molecular weight excluding hydrogens is 394 g/mol. The van der Waals surface area contributed by atoms with Crippen LogP contribution in [0, 0.1) is 17.0 Å². The zero-order chi connectivity index (χ0) is 18.0. The molecule has 1 amide bonds. The first kappa shape index (κ1) is 16.9. The lowest BCUT2D eigenvalue weighted by atomic mass is 10.1. The highest BCUT2D eigenvalue weighted by Gasteiger charge is 2.18. The second kappa shape index (κ2) is 6.89. The number of hydrogen-bond acceptors (Lipinski definition) is 6. The Kier molecular flexibility index (Phi) is 4.66. The third-order valence-corrected chi connectivity index (χ3v) is 4.29. The minimum Gasteiger partial charge on any atom is -0.454 e. The summed E-state index contributed by atoms with van der Waals surface area (Å²) in [6, 6.07) is 7.78. The monoisotopic (exact) mass is 405 g/mol. The smallest absolute Gasteiger partial charge is 0.273 e. The van der Waals surface area contributed by atoms with Crippen LogP contribution in [0.25, 0.3) is 0 Å². The van der Waals surface area contributed by atoms with Gasteiger partial charge in [0.1, 0.15) is 0 Å². The summed E-state index contributed by atoms with van der Waals surface area (Å²) in [5, 5.41) is 14.8. The Bertz CT molecular complexity index is 898. The van der Waals surface area contributed by atoms with E-state index in [1.54, 1.807) is 12.1 Å². The summed E-state index contributed by atoms with van der Waals surface area (Å²) >= 11 is 3.38. The minimum atomic E-state index is -0.533. The van der Waals surface area contributed by atoms with Gasteiger partial charge in [-0.25, -0.2) is 5.43 Å². The van der Waals surface area contributed by atoms with Crippen molar-refractivity contribution in [3.8, 4) is 11.5 Å². The molecule has 1 aliphatic heterocycles. The first-order valence-corrected chi connectivity index (χ1v) is 7.93. The third kappa shape index (κ3) is 3.45. The molecule has 0 spiro atoms. The fourth-order valence-corrected chi connectivity index (χ4v) is 2.74. The first-order valence-electron chi connectivity index (χ1n) is 7.14. The summed E-state index contributed by atoms with van der Waals surface area (Å²) in [6.07, 6.45) is 1.44. The lowest BCUT2D eigenvalue weighted by Crippen LogP contribution is -2.19. The molecule has 1 N–H and O–H groups in total. The Balaban J connectivity index is 1.76. The summed E-state index contributed by atoms with van der Waals surface area (Å²) < 4.78 is 11.3. The van der Waals surface area contributed by atoms with Gasteiger partial charge in [-0.05, 0) is 41.1 Å². The van der Waals surface area contributed by atoms with Crippen LogP contribution in [0.4, 0.5) is 5.69 Å². The topological polar surface area (TPSA) is 103 Å². The van der Waals surface area contributed by atoms with Crippen molar-refractivity contribution in [3.63, 3.8) is 0 Å². The molecule has 2 aromatic rings. The van der Waals surface area contributed by atoms with Crippen LogP contribution in [0.1, 0.15) is 21.5 Å². The first-order chi connectivity index (χ1) is 12.0. The molecular formula is C16H12BrN3O5. The van der Waals surface area contributed by atoms with Crippen molar-refractivity contribution in [1.82, 2.24) is 5.43 Å². The van der Waals surface area contributed by atoms with Crippen LogP contribution in [0.3, 0.4) is 0 Å². The molecule has 0 aliphatic carbocycles. The molecule has 0 saturated heterocycles. The standard InChI is InChI=1S/C16H12BrN3O5/c1-9-11(3-2-4-13(9)20(22)23)16(21)19-18-7-10-5-14-15(6-12(10)17)25-8-24-14/h2-7H,8H2,1H3,(H,19,21). The van der Waals surface area contributed by atoms with E-state index in [-0.39, 0.29) is 23.6 Å². The number of fused-ring (bicyclic) bond motifs is 1. The number of hydrazone groups is 1. The van der Waals surface area contributed by atoms with Crippen molar-refractivity contribution in [2.24, 2.45) is 5.10 Å². The maximum Gasteiger partial charge on any atom is 0.273 e. The van der Waals surface area contributed by atoms with Gasteiger partial charge in [0.25, 0.3) is 11.6 Å². The Hall–Kier alpha value is -2.94. The maximum absolute atomic E-state index is 12.2. The number of rotatable bonds is 4. The summed E-state index contributed by atoms with van der Waals surface area (Å²) in [4.78, 5) is 22.6. The molecule has 25 heavy (non-hydrogen) atoms. The van der Waals surface area contributed by atoms with Crippen LogP contribution in [0.15, 0.2) is 39.9 Å². The predicted molar refractivity (Wildman–Crippen MR) is 93.2 cm³/mol. The fraction of sp³-hybridized carbons (Fsp3) is 0.125. The summed E-state index contributed by atoms with van der Waals surface area (Å²) in [5.74, 6) is 0.681. The highest BCUT2D eigenvalue weighted by molar-refractivity contribution is 9.10. The van der Waals surface area contributed by atoms with E-state index in [9.17, 15) is 14.9 Å². The van der Waals surface area contributed by atoms with Gasteiger partial charge in [0, 0.05) is 21.7 Å². The minimum absolute atomic E-state index is 0.116. The lowest BCUT2D eigenvalue weighted by Gasteiger charge is -2.05. The molecule has 1 heterocycles. The number of ether oxygens (including phenoxy) is 2. The molecule has 0 saturated carbocycles. The second-order valence-corrected chi connectivity index (χ2v) is 5.99. The Morgan fingerprint density at radius 3 is 2.80 bits per heavy atom. The largest absolute Gasteiger partial charge is 0.454 e. The van der Waals surface area contributed by atoms with E-state index in [1.165, 1.54) is 31.3 Å². The van der Waals surface area contributed by atoms with Gasteiger partial charge in [0.05, 0.1) is 16.7 Å². The van der Waals surface area contributed by atoms with E-state index < -0.39 is 10.8 Å². The Morgan fingerprint density at radius 2 is 2.08 bits per heavy atom. The molecule has 2 aromatic carbocycles. The number of nitro benzene ring substituents is 1. The Labute approximate surface area is 150 Å². The SMILES string of the molecule is Cc1c(C(=O)NN=Cc2cc3c(cc2Br)OCO3)cccc1[N+](=O)[O-]. The number of carbonyl (C=O) groups excluding carboxylic acids is 1. The van der Waals surface area contributed by atoms with Gasteiger partial charge < -0.3 is 9.47 Å². The van der Waals surface area contributed by atoms with Crippen molar-refractivity contribution in [2.45, 2.75) is 6.92 Å². The molecule has 9 heteroatoms. The van der Waals surface area contributed by atoms with Crippen molar-refractivity contribution in [3.05, 3.63) is 61.6 Å². The second-order valence-electron chi connectivity index (χ2n) is 5.13. The number of halogens is 1. The van der Waals surface area contributed by atoms with Crippen LogP contribution in [-0.2, 0) is 0 Å². The number of benzene rings is 2. The van der Waals surface area contributed by atoms with Crippen molar-refractivity contribution in [2.75, 3.05) is 6.79 Å². The van der Waals surface area contributed by atoms with E-state index in [0.717, 1.165) is 4.47 Å². The number of nitro groups is 1. The van der Waals surface area contributed by atoms with Gasteiger partial charge in [-0.1, -0.05) is 6.07 Å². The highest BCUT2D eigenvalue weighted by atomic mass is 79.9. The van der Waals surface area contributed by atoms with E-state index in [1.807, 2.05) is 0 Å². The molecule has 0 fully saturated rings. The molecule has 128 valence electrons. The van der Waals surface area contributed by atoms with Gasteiger partial charge in [-0.3, -0.25) is 14.9 Å². The molecule has 0 bridgehead atoms. The number of hydrogen-bond donors (Lipinski definition) is 1. The molecule has 1 aliphatic rings. The third-order valence-electron chi connectivity index (χ3n) is 3.61. The molecule has 0 atom stereocenters. The molecule has 0 radical (unpaired) electrons. The van der Waals surface area contributed by atoms with Gasteiger partial charge in [0.15, 0.2) is 11.5 Å². The van der Waals surface area contributed by atoms with Crippen molar-refractivity contribution in [1.29, 1.82) is 0 Å². The van der Waals surface area contributed by atoms with Crippen molar-refractivity contribution < 1.29 is 19.2 Å². The van der Waals surface area contributed by atoms with Crippen LogP contribution >= 0.6 is 15.9 Å². The number of nitrogens with one attached hydrogen (secondary N) is 1. The van der Waals surface area contributed by atoms with Crippen LogP contribution in [0.5, 0.6) is 11.5 Å². The summed E-state index contributed by atoms with van der Waals surface area (Å²) in [7, 11) is 0. The van der Waals surface area contributed by atoms with Gasteiger partial charge in [0.2, 0.25) is 6.79 Å². The fourth-order valence-electron chi connectivity index (χ4n) is 2.32. The van der Waals surface area contributed by atoms with Gasteiger partial charge in [-0.15, -0.1) is 0 Å². The average molecular weight is 406 g/mol. The quantitative estimate of drug-likeness (QED) is 0.477. The highest BCUT2D eigenvalue weighted by Crippen LogP contribution is 2.36. The van der Waals surface area contributed by atoms with Crippen LogP contribution in [0.2, 0.25) is 0 Å². The van der Waals surface area contributed by atoms with E-state index >= 15 is 0 Å². The number of carbonyl (C=O) groups is 1. The number of nitrogens with zero attached hydrogens (tertiary/aromatic N) is 2. The summed E-state index contributed by atoms with van der Waals surface area (Å²) in [6.45, 7) is 1.68. The zero-order valence-electron chi connectivity index (χ0n) is 13.0. The van der Waals surface area contributed by atoms with Gasteiger partial charge >= 0.3 is 0 Å². The predicted octanol–water partition coefficient (Wildman–Crippen LogP) is 3.16. The van der Waals surface area contributed by atoms with Crippen LogP contribution in [-0.4, -0.2) is 23.8 Å².